The number of hydrogen-bond acceptors (Lipinski definition) is 5. The molecule has 1 aliphatic rings. The molecule has 0 bridgehead atoms. The van der Waals surface area contributed by atoms with E-state index in [9.17, 15) is 0 Å². The average molecular weight is 307 g/mol. The number of likely N-dealkylation sites (tertiary alicyclic amines) is 1. The predicted molar refractivity (Wildman–Crippen MR) is 82.5 cm³/mol. The van der Waals surface area contributed by atoms with E-state index in [1.165, 1.54) is 12.8 Å². The molecule has 0 spiro atoms. The van der Waals surface area contributed by atoms with Crippen molar-refractivity contribution in [3.8, 4) is 0 Å². The Morgan fingerprint density at radius 3 is 2.71 bits per heavy atom. The molecule has 6 heteroatoms. The Morgan fingerprint density at radius 1 is 1.29 bits per heavy atom. The molecule has 112 valence electrons. The molecular weight excluding hydrogens is 288 g/mol. The number of halogens is 1. The van der Waals surface area contributed by atoms with Crippen molar-refractivity contribution in [2.45, 2.75) is 25.8 Å². The van der Waals surface area contributed by atoms with Crippen molar-refractivity contribution < 1.29 is 4.42 Å². The zero-order valence-corrected chi connectivity index (χ0v) is 12.8. The van der Waals surface area contributed by atoms with Gasteiger partial charge in [-0.2, -0.15) is 0 Å². The summed E-state index contributed by atoms with van der Waals surface area (Å²) < 4.78 is 5.38. The highest BCUT2D eigenvalue weighted by Crippen LogP contribution is 2.30. The van der Waals surface area contributed by atoms with Gasteiger partial charge < -0.3 is 9.73 Å². The molecule has 0 radical (unpaired) electrons. The number of aromatic nitrogens is 2. The fourth-order valence-corrected chi connectivity index (χ4v) is 3.05. The normalized spacial score (nSPS) is 17.0. The predicted octanol–water partition coefficient (Wildman–Crippen LogP) is 3.28. The number of nitrogens with zero attached hydrogens (tertiary/aromatic N) is 3. The van der Waals surface area contributed by atoms with Gasteiger partial charge in [0.25, 0.3) is 0 Å². The molecule has 0 amide bonds. The molecule has 0 saturated carbocycles. The van der Waals surface area contributed by atoms with Crippen LogP contribution < -0.4 is 5.32 Å². The van der Waals surface area contributed by atoms with Crippen molar-refractivity contribution in [3.63, 3.8) is 0 Å². The van der Waals surface area contributed by atoms with Crippen molar-refractivity contribution in [2.24, 2.45) is 0 Å². The van der Waals surface area contributed by atoms with Gasteiger partial charge in [-0.15, -0.1) is 5.10 Å². The number of rotatable bonds is 5. The van der Waals surface area contributed by atoms with Crippen molar-refractivity contribution in [2.75, 3.05) is 25.0 Å². The van der Waals surface area contributed by atoms with Crippen molar-refractivity contribution >= 4 is 17.6 Å². The zero-order valence-electron chi connectivity index (χ0n) is 12.1. The van der Waals surface area contributed by atoms with Crippen LogP contribution in [0.4, 0.5) is 6.01 Å². The molecule has 5 nitrogen and oxygen atoms in total. The van der Waals surface area contributed by atoms with E-state index in [1.807, 2.05) is 18.2 Å². The van der Waals surface area contributed by atoms with Crippen LogP contribution in [0.2, 0.25) is 5.02 Å². The summed E-state index contributed by atoms with van der Waals surface area (Å²) >= 11 is 6.38. The van der Waals surface area contributed by atoms with Crippen LogP contribution in [-0.4, -0.2) is 34.7 Å². The van der Waals surface area contributed by atoms with E-state index in [4.69, 9.17) is 16.0 Å². The first-order valence-corrected chi connectivity index (χ1v) is 7.64. The maximum absolute atomic E-state index is 6.38. The second-order valence-corrected chi connectivity index (χ2v) is 5.69. The van der Waals surface area contributed by atoms with Crippen molar-refractivity contribution in [1.82, 2.24) is 15.1 Å². The smallest absolute Gasteiger partial charge is 0.315 e. The monoisotopic (exact) mass is 306 g/mol. The molecule has 21 heavy (non-hydrogen) atoms. The van der Waals surface area contributed by atoms with Crippen LogP contribution >= 0.6 is 11.6 Å². The molecule has 1 unspecified atom stereocenters. The van der Waals surface area contributed by atoms with Gasteiger partial charge in [-0.3, -0.25) is 4.90 Å². The lowest BCUT2D eigenvalue weighted by Gasteiger charge is -2.28. The highest BCUT2D eigenvalue weighted by molar-refractivity contribution is 6.31. The second-order valence-electron chi connectivity index (χ2n) is 5.29. The zero-order chi connectivity index (χ0) is 14.7. The van der Waals surface area contributed by atoms with Gasteiger partial charge in [-0.1, -0.05) is 34.9 Å². The quantitative estimate of drug-likeness (QED) is 0.918. The van der Waals surface area contributed by atoms with Crippen LogP contribution in [0.1, 0.15) is 30.3 Å². The minimum absolute atomic E-state index is 0.216. The van der Waals surface area contributed by atoms with Crippen LogP contribution in [0.25, 0.3) is 0 Å². The van der Waals surface area contributed by atoms with Crippen LogP contribution in [0.5, 0.6) is 0 Å². The SMILES string of the molecule is Cc1nnc(NCC(c2ccccc2Cl)N2CCCC2)o1. The highest BCUT2D eigenvalue weighted by Gasteiger charge is 2.25. The van der Waals surface area contributed by atoms with E-state index in [1.54, 1.807) is 6.92 Å². The lowest BCUT2D eigenvalue weighted by Crippen LogP contribution is -2.31. The van der Waals surface area contributed by atoms with Crippen LogP contribution in [0.3, 0.4) is 0 Å². The van der Waals surface area contributed by atoms with Gasteiger partial charge in [-0.05, 0) is 37.6 Å². The van der Waals surface area contributed by atoms with E-state index in [0.29, 0.717) is 18.5 Å². The van der Waals surface area contributed by atoms with Gasteiger partial charge in [0.15, 0.2) is 0 Å². The average Bonchev–Trinajstić information content (AvgIpc) is 3.13. The summed E-state index contributed by atoms with van der Waals surface area (Å²) in [6.07, 6.45) is 2.47. The third-order valence-electron chi connectivity index (χ3n) is 3.82. The first kappa shape index (κ1) is 14.4. The molecule has 2 aromatic rings. The maximum Gasteiger partial charge on any atom is 0.315 e. The molecule has 1 saturated heterocycles. The largest absolute Gasteiger partial charge is 0.408 e. The second kappa shape index (κ2) is 6.45. The van der Waals surface area contributed by atoms with E-state index in [2.05, 4.69) is 26.5 Å². The van der Waals surface area contributed by atoms with Crippen LogP contribution in [-0.2, 0) is 0 Å². The summed E-state index contributed by atoms with van der Waals surface area (Å²) in [5.41, 5.74) is 1.14. The number of benzene rings is 1. The maximum atomic E-state index is 6.38. The van der Waals surface area contributed by atoms with E-state index < -0.39 is 0 Å². The Kier molecular flexibility index (Phi) is 4.41. The minimum Gasteiger partial charge on any atom is -0.408 e. The molecule has 1 aromatic heterocycles. The molecule has 1 aliphatic heterocycles. The minimum atomic E-state index is 0.216. The van der Waals surface area contributed by atoms with Crippen molar-refractivity contribution in [1.29, 1.82) is 0 Å². The first-order valence-electron chi connectivity index (χ1n) is 7.26. The standard InChI is InChI=1S/C15H19ClN4O/c1-11-18-19-15(21-11)17-10-14(20-8-4-5-9-20)12-6-2-3-7-13(12)16/h2-3,6-7,14H,4-5,8-10H2,1H3,(H,17,19). The van der Waals surface area contributed by atoms with Crippen molar-refractivity contribution in [3.05, 3.63) is 40.7 Å². The molecule has 1 aromatic carbocycles. The summed E-state index contributed by atoms with van der Waals surface area (Å²) in [4.78, 5) is 2.46. The fourth-order valence-electron chi connectivity index (χ4n) is 2.79. The van der Waals surface area contributed by atoms with Gasteiger partial charge in [0.2, 0.25) is 5.89 Å². The Hall–Kier alpha value is -1.59. The Bertz CT molecular complexity index is 595. The Labute approximate surface area is 129 Å². The Morgan fingerprint density at radius 2 is 2.05 bits per heavy atom. The summed E-state index contributed by atoms with van der Waals surface area (Å²) in [5.74, 6) is 0.563. The fraction of sp³-hybridized carbons (Fsp3) is 0.467. The summed E-state index contributed by atoms with van der Waals surface area (Å²) in [5, 5.41) is 11.8. The molecule has 1 atom stereocenters. The number of hydrogen-bond donors (Lipinski definition) is 1. The van der Waals surface area contributed by atoms with Crippen LogP contribution in [0.15, 0.2) is 28.7 Å². The van der Waals surface area contributed by atoms with Gasteiger partial charge in [0.1, 0.15) is 0 Å². The van der Waals surface area contributed by atoms with E-state index >= 15 is 0 Å². The molecule has 2 heterocycles. The third-order valence-corrected chi connectivity index (χ3v) is 4.16. The number of nitrogens with one attached hydrogen (secondary N) is 1. The third kappa shape index (κ3) is 3.36. The first-order chi connectivity index (χ1) is 10.2. The topological polar surface area (TPSA) is 54.2 Å². The number of anilines is 1. The molecule has 0 aliphatic carbocycles. The Balaban J connectivity index is 1.77. The highest BCUT2D eigenvalue weighted by atomic mass is 35.5. The lowest BCUT2D eigenvalue weighted by atomic mass is 10.1. The molecule has 1 N–H and O–H groups in total. The van der Waals surface area contributed by atoms with Gasteiger partial charge >= 0.3 is 6.01 Å². The van der Waals surface area contributed by atoms with Gasteiger partial charge in [0.05, 0.1) is 6.04 Å². The van der Waals surface area contributed by atoms with Gasteiger partial charge in [-0.25, -0.2) is 0 Å². The molecule has 1 fully saturated rings. The van der Waals surface area contributed by atoms with E-state index in [0.717, 1.165) is 23.7 Å². The molecule has 3 rings (SSSR count). The van der Waals surface area contributed by atoms with Gasteiger partial charge in [0, 0.05) is 18.5 Å². The van der Waals surface area contributed by atoms with E-state index in [-0.39, 0.29) is 6.04 Å². The number of aryl methyl sites for hydroxylation is 1. The lowest BCUT2D eigenvalue weighted by molar-refractivity contribution is 0.255. The summed E-state index contributed by atoms with van der Waals surface area (Å²) in [6, 6.07) is 8.70. The summed E-state index contributed by atoms with van der Waals surface area (Å²) in [6.45, 7) is 4.68. The van der Waals surface area contributed by atoms with Crippen LogP contribution in [0, 0.1) is 6.92 Å². The summed E-state index contributed by atoms with van der Waals surface area (Å²) in [7, 11) is 0. The molecular formula is C15H19ClN4O.